The van der Waals surface area contributed by atoms with E-state index in [0.29, 0.717) is 19.4 Å². The van der Waals surface area contributed by atoms with Crippen LogP contribution in [0.25, 0.3) is 0 Å². The third kappa shape index (κ3) is 5.17. The fourth-order valence-electron chi connectivity index (χ4n) is 3.16. The van der Waals surface area contributed by atoms with E-state index in [0.717, 1.165) is 12.8 Å². The van der Waals surface area contributed by atoms with Crippen molar-refractivity contribution in [3.8, 4) is 0 Å². The van der Waals surface area contributed by atoms with Crippen molar-refractivity contribution in [3.05, 3.63) is 42.5 Å². The number of aromatic carboxylic acids is 1. The lowest BCUT2D eigenvalue weighted by molar-refractivity contribution is -0.135. The van der Waals surface area contributed by atoms with Gasteiger partial charge in [0.05, 0.1) is 10.5 Å². The molecule has 1 aromatic carbocycles. The van der Waals surface area contributed by atoms with Crippen LogP contribution in [0.5, 0.6) is 0 Å². The van der Waals surface area contributed by atoms with Crippen molar-refractivity contribution in [1.82, 2.24) is 9.21 Å². The highest BCUT2D eigenvalue weighted by Gasteiger charge is 2.33. The van der Waals surface area contributed by atoms with E-state index in [-0.39, 0.29) is 35.4 Å². The van der Waals surface area contributed by atoms with E-state index in [9.17, 15) is 18.0 Å². The molecule has 1 saturated heterocycles. The number of unbranched alkanes of at least 4 members (excludes halogenated alkanes) is 1. The summed E-state index contributed by atoms with van der Waals surface area (Å²) in [6, 6.07) is 5.18. The summed E-state index contributed by atoms with van der Waals surface area (Å²) in [6.07, 6.45) is 4.51. The molecule has 1 aliphatic rings. The van der Waals surface area contributed by atoms with Crippen LogP contribution >= 0.6 is 0 Å². The minimum atomic E-state index is -3.69. The molecule has 1 fully saturated rings. The van der Waals surface area contributed by atoms with Gasteiger partial charge in [0.25, 0.3) is 0 Å². The maximum atomic E-state index is 12.7. The van der Waals surface area contributed by atoms with Gasteiger partial charge in [0.1, 0.15) is 0 Å². The van der Waals surface area contributed by atoms with Gasteiger partial charge in [-0.25, -0.2) is 13.2 Å². The average molecular weight is 394 g/mol. The first-order valence-electron chi connectivity index (χ1n) is 8.96. The molecule has 1 aromatic rings. The number of benzene rings is 1. The molecule has 0 aliphatic carbocycles. The molecule has 1 N–H and O–H groups in total. The highest BCUT2D eigenvalue weighted by atomic mass is 32.2. The van der Waals surface area contributed by atoms with E-state index < -0.39 is 16.0 Å². The number of carbonyl (C=O) groups excluding carboxylic acids is 1. The van der Waals surface area contributed by atoms with Crippen LogP contribution in [-0.4, -0.2) is 61.3 Å². The molecular weight excluding hydrogens is 368 g/mol. The van der Waals surface area contributed by atoms with Crippen LogP contribution in [0.4, 0.5) is 0 Å². The summed E-state index contributed by atoms with van der Waals surface area (Å²) in [6.45, 7) is 4.89. The molecule has 1 aliphatic heterocycles. The summed E-state index contributed by atoms with van der Waals surface area (Å²) < 4.78 is 26.8. The minimum absolute atomic E-state index is 0.0396. The second-order valence-corrected chi connectivity index (χ2v) is 8.64. The Balaban J connectivity index is 1.96. The van der Waals surface area contributed by atoms with Gasteiger partial charge >= 0.3 is 5.97 Å². The number of hydrogen-bond acceptors (Lipinski definition) is 4. The van der Waals surface area contributed by atoms with Crippen LogP contribution in [0, 0.1) is 5.92 Å². The fourth-order valence-corrected chi connectivity index (χ4v) is 4.63. The van der Waals surface area contributed by atoms with E-state index in [1.165, 1.54) is 28.6 Å². The summed E-state index contributed by atoms with van der Waals surface area (Å²) in [5.74, 6) is -1.21. The monoisotopic (exact) mass is 394 g/mol. The maximum Gasteiger partial charge on any atom is 0.335 e. The Kier molecular flexibility index (Phi) is 7.15. The van der Waals surface area contributed by atoms with Crippen molar-refractivity contribution in [1.29, 1.82) is 0 Å². The molecule has 0 spiro atoms. The van der Waals surface area contributed by atoms with Crippen molar-refractivity contribution < 1.29 is 23.1 Å². The average Bonchev–Trinajstić information content (AvgIpc) is 2.67. The Hall–Kier alpha value is -2.19. The summed E-state index contributed by atoms with van der Waals surface area (Å²) in [5.41, 5.74) is 0.0396. The van der Waals surface area contributed by atoms with Crippen LogP contribution in [-0.2, 0) is 14.8 Å². The van der Waals surface area contributed by atoms with Gasteiger partial charge in [-0.1, -0.05) is 6.08 Å². The number of sulfonamides is 1. The molecule has 0 radical (unpaired) electrons. The van der Waals surface area contributed by atoms with Crippen molar-refractivity contribution in [3.63, 3.8) is 0 Å². The molecule has 0 saturated carbocycles. The second-order valence-electron chi connectivity index (χ2n) is 6.70. The summed E-state index contributed by atoms with van der Waals surface area (Å²) >= 11 is 0. The van der Waals surface area contributed by atoms with Crippen LogP contribution < -0.4 is 0 Å². The van der Waals surface area contributed by atoms with Crippen molar-refractivity contribution in [2.75, 3.05) is 26.7 Å². The highest BCUT2D eigenvalue weighted by molar-refractivity contribution is 7.89. The van der Waals surface area contributed by atoms with Crippen LogP contribution in [0.3, 0.4) is 0 Å². The standard InChI is InChI=1S/C19H26N2O5S/c1-3-4-5-12-20(2)18(22)15-10-13-21(14-11-15)27(25,26)17-8-6-16(7-9-17)19(23)24/h3,6-9,15H,1,4-5,10-14H2,2H3,(H,23,24). The number of hydrogen-bond donors (Lipinski definition) is 1. The Bertz CT molecular complexity index is 781. The van der Waals surface area contributed by atoms with Crippen LogP contribution in [0.15, 0.2) is 41.8 Å². The topological polar surface area (TPSA) is 95.0 Å². The number of carbonyl (C=O) groups is 2. The van der Waals surface area contributed by atoms with Gasteiger partial charge in [-0.2, -0.15) is 4.31 Å². The zero-order valence-corrected chi connectivity index (χ0v) is 16.3. The molecule has 0 atom stereocenters. The minimum Gasteiger partial charge on any atom is -0.478 e. The normalized spacial score (nSPS) is 16.0. The molecule has 7 nitrogen and oxygen atoms in total. The third-order valence-corrected chi connectivity index (χ3v) is 6.73. The van der Waals surface area contributed by atoms with Gasteiger partial charge in [0, 0.05) is 32.6 Å². The molecule has 1 amide bonds. The van der Waals surface area contributed by atoms with Gasteiger partial charge in [-0.15, -0.1) is 6.58 Å². The first-order chi connectivity index (χ1) is 12.8. The largest absolute Gasteiger partial charge is 0.478 e. The molecule has 0 bridgehead atoms. The number of allylic oxidation sites excluding steroid dienone is 1. The lowest BCUT2D eigenvalue weighted by atomic mass is 9.96. The number of rotatable bonds is 8. The summed E-state index contributed by atoms with van der Waals surface area (Å²) in [4.78, 5) is 25.2. The smallest absolute Gasteiger partial charge is 0.335 e. The first-order valence-corrected chi connectivity index (χ1v) is 10.4. The number of piperidine rings is 1. The lowest BCUT2D eigenvalue weighted by Crippen LogP contribution is -2.43. The summed E-state index contributed by atoms with van der Waals surface area (Å²) in [5, 5.41) is 8.92. The zero-order chi connectivity index (χ0) is 20.0. The molecule has 148 valence electrons. The Morgan fingerprint density at radius 2 is 1.85 bits per heavy atom. The van der Waals surface area contributed by atoms with Gasteiger partial charge in [-0.05, 0) is 49.9 Å². The van der Waals surface area contributed by atoms with Gasteiger partial charge in [0.2, 0.25) is 15.9 Å². The molecule has 0 aromatic heterocycles. The molecule has 1 heterocycles. The van der Waals surface area contributed by atoms with Gasteiger partial charge in [-0.3, -0.25) is 4.79 Å². The van der Waals surface area contributed by atoms with Crippen LogP contribution in [0.2, 0.25) is 0 Å². The van der Waals surface area contributed by atoms with E-state index in [1.807, 2.05) is 6.08 Å². The Morgan fingerprint density at radius 3 is 2.37 bits per heavy atom. The molecular formula is C19H26N2O5S. The van der Waals surface area contributed by atoms with Gasteiger partial charge in [0.15, 0.2) is 0 Å². The van der Waals surface area contributed by atoms with Gasteiger partial charge < -0.3 is 10.0 Å². The van der Waals surface area contributed by atoms with Crippen molar-refractivity contribution in [2.45, 2.75) is 30.6 Å². The lowest BCUT2D eigenvalue weighted by Gasteiger charge is -2.32. The Morgan fingerprint density at radius 1 is 1.26 bits per heavy atom. The third-order valence-electron chi connectivity index (χ3n) is 4.82. The van der Waals surface area contributed by atoms with E-state index >= 15 is 0 Å². The van der Waals surface area contributed by atoms with E-state index in [1.54, 1.807) is 11.9 Å². The Labute approximate surface area is 160 Å². The predicted molar refractivity (Wildman–Crippen MR) is 102 cm³/mol. The molecule has 27 heavy (non-hydrogen) atoms. The quantitative estimate of drug-likeness (QED) is 0.539. The number of amides is 1. The molecule has 8 heteroatoms. The van der Waals surface area contributed by atoms with Crippen molar-refractivity contribution in [2.24, 2.45) is 5.92 Å². The van der Waals surface area contributed by atoms with Crippen molar-refractivity contribution >= 4 is 21.9 Å². The fraction of sp³-hybridized carbons (Fsp3) is 0.474. The highest BCUT2D eigenvalue weighted by Crippen LogP contribution is 2.25. The number of carboxylic acid groups (broad SMARTS) is 1. The van der Waals surface area contributed by atoms with Crippen LogP contribution in [0.1, 0.15) is 36.0 Å². The second kappa shape index (κ2) is 9.14. The molecule has 2 rings (SSSR count). The number of nitrogens with zero attached hydrogens (tertiary/aromatic N) is 2. The summed E-state index contributed by atoms with van der Waals surface area (Å²) in [7, 11) is -1.91. The SMILES string of the molecule is C=CCCCN(C)C(=O)C1CCN(S(=O)(=O)c2ccc(C(=O)O)cc2)CC1. The maximum absolute atomic E-state index is 12.7. The number of carboxylic acids is 1. The predicted octanol–water partition coefficient (Wildman–Crippen LogP) is 2.21. The zero-order valence-electron chi connectivity index (χ0n) is 15.5. The van der Waals surface area contributed by atoms with E-state index in [2.05, 4.69) is 6.58 Å². The first kappa shape index (κ1) is 21.1. The molecule has 0 unspecified atom stereocenters. The van der Waals surface area contributed by atoms with E-state index in [4.69, 9.17) is 5.11 Å².